The van der Waals surface area contributed by atoms with Crippen LogP contribution in [0.2, 0.25) is 0 Å². The Morgan fingerprint density at radius 2 is 1.78 bits per heavy atom. The number of ether oxygens (including phenoxy) is 1. The third kappa shape index (κ3) is 4.58. The summed E-state index contributed by atoms with van der Waals surface area (Å²) in [6, 6.07) is 0. The van der Waals surface area contributed by atoms with Crippen molar-refractivity contribution in [2.45, 2.75) is 47.1 Å². The molecule has 0 saturated carbocycles. The van der Waals surface area contributed by atoms with Crippen molar-refractivity contribution in [3.05, 3.63) is 0 Å². The topological polar surface area (TPSA) is 55.6 Å². The molecule has 0 aromatic heterocycles. The van der Waals surface area contributed by atoms with Crippen LogP contribution in [0.25, 0.3) is 0 Å². The number of nitrogens with two attached hydrogens (primary N) is 1. The molecular formula is C14H30N2O2. The highest BCUT2D eigenvalue weighted by atomic mass is 16.5. The van der Waals surface area contributed by atoms with Crippen LogP contribution in [0.15, 0.2) is 0 Å². The molecule has 4 heteroatoms. The first kappa shape index (κ1) is 17.4. The fourth-order valence-corrected chi connectivity index (χ4v) is 1.59. The molecule has 0 fully saturated rings. The van der Waals surface area contributed by atoms with E-state index in [-0.39, 0.29) is 5.91 Å². The summed E-state index contributed by atoms with van der Waals surface area (Å²) >= 11 is 0. The Hall–Kier alpha value is -0.610. The Bertz CT molecular complexity index is 267. The second-order valence-electron chi connectivity index (χ2n) is 6.48. The van der Waals surface area contributed by atoms with Crippen LogP contribution in [0.4, 0.5) is 0 Å². The van der Waals surface area contributed by atoms with E-state index in [1.807, 2.05) is 32.6 Å². The number of carbonyl (C=O) groups excluding carboxylic acids is 1. The summed E-state index contributed by atoms with van der Waals surface area (Å²) in [7, 11) is 1.65. The minimum absolute atomic E-state index is 0.0979. The van der Waals surface area contributed by atoms with Crippen LogP contribution in [0.3, 0.4) is 0 Å². The number of methoxy groups -OCH3 is 1. The number of rotatable bonds is 7. The summed E-state index contributed by atoms with van der Waals surface area (Å²) < 4.78 is 5.08. The Morgan fingerprint density at radius 1 is 1.28 bits per heavy atom. The van der Waals surface area contributed by atoms with Crippen molar-refractivity contribution in [2.24, 2.45) is 17.1 Å². The van der Waals surface area contributed by atoms with Gasteiger partial charge in [-0.05, 0) is 33.6 Å². The first-order valence-corrected chi connectivity index (χ1v) is 6.61. The highest BCUT2D eigenvalue weighted by molar-refractivity contribution is 5.83. The number of nitrogens with zero attached hydrogens (tertiary/aromatic N) is 1. The minimum atomic E-state index is -0.588. The monoisotopic (exact) mass is 258 g/mol. The third-order valence-corrected chi connectivity index (χ3v) is 3.58. The molecule has 0 aliphatic carbocycles. The summed E-state index contributed by atoms with van der Waals surface area (Å²) in [5, 5.41) is 0. The van der Waals surface area contributed by atoms with Crippen LogP contribution >= 0.6 is 0 Å². The molecule has 0 rings (SSSR count). The van der Waals surface area contributed by atoms with Gasteiger partial charge in [-0.15, -0.1) is 0 Å². The van der Waals surface area contributed by atoms with E-state index in [1.165, 1.54) is 0 Å². The molecule has 0 aliphatic rings. The van der Waals surface area contributed by atoms with Crippen molar-refractivity contribution in [3.63, 3.8) is 0 Å². The zero-order chi connectivity index (χ0) is 14.6. The second-order valence-corrected chi connectivity index (χ2v) is 6.48. The van der Waals surface area contributed by atoms with Crippen LogP contribution in [0.1, 0.15) is 41.5 Å². The molecule has 0 aromatic rings. The first-order chi connectivity index (χ1) is 8.04. The van der Waals surface area contributed by atoms with E-state index in [4.69, 9.17) is 10.5 Å². The molecule has 0 saturated heterocycles. The fourth-order valence-electron chi connectivity index (χ4n) is 1.59. The predicted octanol–water partition coefficient (Wildman–Crippen LogP) is 1.88. The molecule has 0 unspecified atom stereocenters. The number of hydrogen-bond acceptors (Lipinski definition) is 3. The van der Waals surface area contributed by atoms with Gasteiger partial charge in [0.25, 0.3) is 0 Å². The summed E-state index contributed by atoms with van der Waals surface area (Å²) in [6.07, 6.45) is 0. The van der Waals surface area contributed by atoms with Crippen LogP contribution in [0, 0.1) is 11.3 Å². The first-order valence-electron chi connectivity index (χ1n) is 6.61. The van der Waals surface area contributed by atoms with Crippen molar-refractivity contribution in [3.8, 4) is 0 Å². The Morgan fingerprint density at radius 3 is 2.11 bits per heavy atom. The number of amides is 1. The van der Waals surface area contributed by atoms with Gasteiger partial charge >= 0.3 is 0 Å². The molecular weight excluding hydrogens is 228 g/mol. The standard InChI is InChI=1S/C14H30N2O2/c1-11(2)10-16(8-9-18-7)12(17)13(3,4)14(5,6)15/h11H,8-10,15H2,1-7H3. The summed E-state index contributed by atoms with van der Waals surface area (Å²) in [4.78, 5) is 14.5. The lowest BCUT2D eigenvalue weighted by molar-refractivity contribution is -0.144. The average Bonchev–Trinajstić information content (AvgIpc) is 2.20. The maximum absolute atomic E-state index is 12.6. The van der Waals surface area contributed by atoms with Gasteiger partial charge in [-0.2, -0.15) is 0 Å². The minimum Gasteiger partial charge on any atom is -0.383 e. The van der Waals surface area contributed by atoms with E-state index >= 15 is 0 Å². The summed E-state index contributed by atoms with van der Waals surface area (Å²) in [6.45, 7) is 13.7. The molecule has 1 amide bonds. The maximum Gasteiger partial charge on any atom is 0.230 e. The van der Waals surface area contributed by atoms with Gasteiger partial charge in [0.2, 0.25) is 5.91 Å². The lowest BCUT2D eigenvalue weighted by atomic mass is 9.74. The van der Waals surface area contributed by atoms with Gasteiger partial charge in [0.1, 0.15) is 0 Å². The quantitative estimate of drug-likeness (QED) is 0.758. The van der Waals surface area contributed by atoms with Gasteiger partial charge in [0, 0.05) is 25.7 Å². The van der Waals surface area contributed by atoms with Gasteiger partial charge in [-0.25, -0.2) is 0 Å². The van der Waals surface area contributed by atoms with Crippen LogP contribution < -0.4 is 5.73 Å². The average molecular weight is 258 g/mol. The maximum atomic E-state index is 12.6. The van der Waals surface area contributed by atoms with Gasteiger partial charge in [-0.1, -0.05) is 13.8 Å². The van der Waals surface area contributed by atoms with Crippen LogP contribution in [-0.2, 0) is 9.53 Å². The number of hydrogen-bond donors (Lipinski definition) is 1. The van der Waals surface area contributed by atoms with E-state index in [1.54, 1.807) is 7.11 Å². The largest absolute Gasteiger partial charge is 0.383 e. The molecule has 0 bridgehead atoms. The Balaban J connectivity index is 4.94. The van der Waals surface area contributed by atoms with E-state index in [9.17, 15) is 4.79 Å². The summed E-state index contributed by atoms with van der Waals surface area (Å²) in [5.41, 5.74) is 5.00. The summed E-state index contributed by atoms with van der Waals surface area (Å²) in [5.74, 6) is 0.531. The lowest BCUT2D eigenvalue weighted by Gasteiger charge is -2.41. The van der Waals surface area contributed by atoms with Gasteiger partial charge in [0.15, 0.2) is 0 Å². The van der Waals surface area contributed by atoms with Crippen molar-refractivity contribution >= 4 is 5.91 Å². The zero-order valence-electron chi connectivity index (χ0n) is 13.0. The van der Waals surface area contributed by atoms with Crippen molar-refractivity contribution in [2.75, 3.05) is 26.8 Å². The molecule has 18 heavy (non-hydrogen) atoms. The molecule has 0 heterocycles. The molecule has 0 atom stereocenters. The molecule has 4 nitrogen and oxygen atoms in total. The van der Waals surface area contributed by atoms with Crippen LogP contribution in [0.5, 0.6) is 0 Å². The Labute approximate surface area is 112 Å². The van der Waals surface area contributed by atoms with Crippen molar-refractivity contribution in [1.29, 1.82) is 0 Å². The van der Waals surface area contributed by atoms with Gasteiger partial charge in [0.05, 0.1) is 12.0 Å². The van der Waals surface area contributed by atoms with E-state index in [2.05, 4.69) is 13.8 Å². The van der Waals surface area contributed by atoms with E-state index < -0.39 is 11.0 Å². The van der Waals surface area contributed by atoms with Crippen molar-refractivity contribution < 1.29 is 9.53 Å². The van der Waals surface area contributed by atoms with Crippen LogP contribution in [-0.4, -0.2) is 43.2 Å². The fraction of sp³-hybridized carbons (Fsp3) is 0.929. The van der Waals surface area contributed by atoms with E-state index in [0.29, 0.717) is 19.1 Å². The molecule has 2 N–H and O–H groups in total. The molecule has 0 aliphatic heterocycles. The molecule has 108 valence electrons. The second kappa shape index (κ2) is 6.53. The lowest BCUT2D eigenvalue weighted by Crippen LogP contribution is -2.57. The predicted molar refractivity (Wildman–Crippen MR) is 75.3 cm³/mol. The van der Waals surface area contributed by atoms with Crippen molar-refractivity contribution in [1.82, 2.24) is 4.90 Å². The highest BCUT2D eigenvalue weighted by Gasteiger charge is 2.42. The Kier molecular flexibility index (Phi) is 6.30. The number of carbonyl (C=O) groups is 1. The highest BCUT2D eigenvalue weighted by Crippen LogP contribution is 2.30. The SMILES string of the molecule is COCCN(CC(C)C)C(=O)C(C)(C)C(C)(C)N. The van der Waals surface area contributed by atoms with E-state index in [0.717, 1.165) is 6.54 Å². The molecule has 0 radical (unpaired) electrons. The zero-order valence-corrected chi connectivity index (χ0v) is 13.0. The third-order valence-electron chi connectivity index (χ3n) is 3.58. The molecule has 0 spiro atoms. The normalized spacial score (nSPS) is 12.9. The smallest absolute Gasteiger partial charge is 0.230 e. The van der Waals surface area contributed by atoms with Gasteiger partial charge < -0.3 is 15.4 Å². The van der Waals surface area contributed by atoms with Gasteiger partial charge in [-0.3, -0.25) is 4.79 Å². The molecule has 0 aromatic carbocycles.